The van der Waals surface area contributed by atoms with E-state index < -0.39 is 0 Å². The molecule has 12 rings (SSSR count). The summed E-state index contributed by atoms with van der Waals surface area (Å²) in [7, 11) is 0. The molecule has 0 spiro atoms. The van der Waals surface area contributed by atoms with Crippen molar-refractivity contribution in [3.05, 3.63) is 211 Å². The van der Waals surface area contributed by atoms with E-state index in [2.05, 4.69) is 219 Å². The smallest absolute Gasteiger partial charge is 0.0541 e. The molecule has 0 N–H and O–H groups in total. The van der Waals surface area contributed by atoms with Crippen LogP contribution < -0.4 is 0 Å². The molecule has 1 aliphatic carbocycles. The second-order valence-corrected chi connectivity index (χ2v) is 17.6. The van der Waals surface area contributed by atoms with Crippen LogP contribution in [0.15, 0.2) is 200 Å². The van der Waals surface area contributed by atoms with Crippen LogP contribution in [0.4, 0.5) is 0 Å². The van der Waals surface area contributed by atoms with Gasteiger partial charge in [0.1, 0.15) is 0 Å². The number of hydrogen-bond acceptors (Lipinski definition) is 1. The maximum absolute atomic E-state index is 2.49. The molecular weight excluding hydrogens is 731 g/mol. The summed E-state index contributed by atoms with van der Waals surface area (Å²) >= 11 is 1.91. The Bertz CT molecular complexity index is 3280. The van der Waals surface area contributed by atoms with Crippen LogP contribution in [0.1, 0.15) is 25.0 Å². The third kappa shape index (κ3) is 5.30. The van der Waals surface area contributed by atoms with E-state index in [-0.39, 0.29) is 5.41 Å². The molecule has 0 fully saturated rings. The second-order valence-electron chi connectivity index (χ2n) is 16.5. The Balaban J connectivity index is 1.02. The first-order valence-electron chi connectivity index (χ1n) is 20.5. The molecule has 0 unspecified atom stereocenters. The van der Waals surface area contributed by atoms with Gasteiger partial charge in [-0.1, -0.05) is 166 Å². The highest BCUT2D eigenvalue weighted by Gasteiger charge is 2.38. The van der Waals surface area contributed by atoms with E-state index in [4.69, 9.17) is 0 Å². The summed E-state index contributed by atoms with van der Waals surface area (Å²) in [5.74, 6) is 0. The summed E-state index contributed by atoms with van der Waals surface area (Å²) in [5, 5.41) is 5.28. The van der Waals surface area contributed by atoms with Crippen LogP contribution in [-0.2, 0) is 5.41 Å². The number of rotatable bonds is 5. The van der Waals surface area contributed by atoms with E-state index in [9.17, 15) is 0 Å². The lowest BCUT2D eigenvalue weighted by Gasteiger charge is -2.23. The largest absolute Gasteiger partial charge is 0.309 e. The fourth-order valence-electron chi connectivity index (χ4n) is 9.88. The summed E-state index contributed by atoms with van der Waals surface area (Å²) in [6, 6.07) is 74.1. The van der Waals surface area contributed by atoms with E-state index in [1.54, 1.807) is 0 Å². The molecule has 0 radical (unpaired) electrons. The van der Waals surface area contributed by atoms with E-state index in [0.29, 0.717) is 0 Å². The van der Waals surface area contributed by atoms with Gasteiger partial charge in [-0.2, -0.15) is 0 Å². The van der Waals surface area contributed by atoms with Crippen LogP contribution in [0.5, 0.6) is 0 Å². The van der Waals surface area contributed by atoms with E-state index >= 15 is 0 Å². The molecule has 2 heterocycles. The Kier molecular flexibility index (Phi) is 7.51. The van der Waals surface area contributed by atoms with Gasteiger partial charge in [0.05, 0.1) is 11.0 Å². The van der Waals surface area contributed by atoms with E-state index in [0.717, 1.165) is 0 Å². The lowest BCUT2D eigenvalue weighted by molar-refractivity contribution is 0.666. The van der Waals surface area contributed by atoms with Crippen LogP contribution in [-0.4, -0.2) is 4.57 Å². The van der Waals surface area contributed by atoms with Crippen molar-refractivity contribution in [3.8, 4) is 61.3 Å². The van der Waals surface area contributed by atoms with Gasteiger partial charge in [-0.05, 0) is 115 Å². The number of fused-ring (bicyclic) bond motifs is 10. The molecule has 1 nitrogen and oxygen atoms in total. The van der Waals surface area contributed by atoms with Crippen molar-refractivity contribution in [1.82, 2.24) is 4.57 Å². The second kappa shape index (κ2) is 13.0. The van der Waals surface area contributed by atoms with Crippen LogP contribution >= 0.6 is 11.3 Å². The van der Waals surface area contributed by atoms with Crippen molar-refractivity contribution in [2.24, 2.45) is 0 Å². The standard InChI is InChI=1S/C57H39NS/c1-57(2)50-35-44(27-28-45(50)46-29-32-54-55(56(46)57)47-15-9-10-16-53(47)59-54)58-51-30-25-42(40-21-17-38(18-22-40)36-11-5-3-6-12-36)33-48(51)49-34-43(26-31-52(49)58)41-23-19-39(20-24-41)37-13-7-4-8-14-37/h3-35H,1-2H3. The van der Waals surface area contributed by atoms with Crippen LogP contribution in [0.2, 0.25) is 0 Å². The van der Waals surface area contributed by atoms with Gasteiger partial charge in [-0.25, -0.2) is 0 Å². The number of benzene rings is 9. The Labute approximate surface area is 348 Å². The highest BCUT2D eigenvalue weighted by Crippen LogP contribution is 2.54. The molecule has 0 aliphatic heterocycles. The van der Waals surface area contributed by atoms with Gasteiger partial charge in [0.15, 0.2) is 0 Å². The highest BCUT2D eigenvalue weighted by atomic mass is 32.1. The minimum Gasteiger partial charge on any atom is -0.309 e. The average molecular weight is 770 g/mol. The highest BCUT2D eigenvalue weighted by molar-refractivity contribution is 7.25. The van der Waals surface area contributed by atoms with E-state index in [1.165, 1.54) is 114 Å². The third-order valence-electron chi connectivity index (χ3n) is 12.8. The van der Waals surface area contributed by atoms with Crippen molar-refractivity contribution in [3.63, 3.8) is 0 Å². The number of aromatic nitrogens is 1. The quantitative estimate of drug-likeness (QED) is 0.164. The summed E-state index contributed by atoms with van der Waals surface area (Å²) < 4.78 is 5.21. The van der Waals surface area contributed by atoms with Gasteiger partial charge in [0.2, 0.25) is 0 Å². The summed E-state index contributed by atoms with van der Waals surface area (Å²) in [6.45, 7) is 4.84. The zero-order valence-corrected chi connectivity index (χ0v) is 33.7. The predicted molar refractivity (Wildman–Crippen MR) is 253 cm³/mol. The van der Waals surface area contributed by atoms with Gasteiger partial charge in [-0.15, -0.1) is 11.3 Å². The van der Waals surface area contributed by atoms with Crippen LogP contribution in [0, 0.1) is 0 Å². The minimum atomic E-state index is -0.166. The fraction of sp³-hybridized carbons (Fsp3) is 0.0526. The Morgan fingerprint density at radius 2 is 0.847 bits per heavy atom. The topological polar surface area (TPSA) is 4.93 Å². The summed E-state index contributed by atoms with van der Waals surface area (Å²) in [5.41, 5.74) is 18.8. The lowest BCUT2D eigenvalue weighted by Crippen LogP contribution is -2.15. The van der Waals surface area contributed by atoms with Gasteiger partial charge in [0.25, 0.3) is 0 Å². The molecule has 59 heavy (non-hydrogen) atoms. The molecule has 2 aromatic heterocycles. The third-order valence-corrected chi connectivity index (χ3v) is 13.9. The normalized spacial score (nSPS) is 13.1. The van der Waals surface area contributed by atoms with Gasteiger partial charge < -0.3 is 4.57 Å². The van der Waals surface area contributed by atoms with Gasteiger partial charge in [0, 0.05) is 42.0 Å². The molecule has 0 saturated carbocycles. The summed E-state index contributed by atoms with van der Waals surface area (Å²) in [4.78, 5) is 0. The van der Waals surface area contributed by atoms with Gasteiger partial charge >= 0.3 is 0 Å². The molecule has 11 aromatic rings. The zero-order chi connectivity index (χ0) is 39.2. The van der Waals surface area contributed by atoms with Crippen molar-refractivity contribution < 1.29 is 0 Å². The molecule has 0 amide bonds. The molecular formula is C57H39NS. The molecule has 9 aromatic carbocycles. The first-order chi connectivity index (χ1) is 29.0. The minimum absolute atomic E-state index is 0.166. The molecule has 278 valence electrons. The monoisotopic (exact) mass is 769 g/mol. The van der Waals surface area contributed by atoms with Crippen molar-refractivity contribution in [2.45, 2.75) is 19.3 Å². The molecule has 1 aliphatic rings. The fourth-order valence-corrected chi connectivity index (χ4v) is 11.0. The molecule has 0 atom stereocenters. The molecule has 2 heteroatoms. The Morgan fingerprint density at radius 1 is 0.373 bits per heavy atom. The van der Waals surface area contributed by atoms with Crippen LogP contribution in [0.3, 0.4) is 0 Å². The van der Waals surface area contributed by atoms with Crippen molar-refractivity contribution in [1.29, 1.82) is 0 Å². The Hall–Kier alpha value is -7.00. The van der Waals surface area contributed by atoms with Gasteiger partial charge in [-0.3, -0.25) is 0 Å². The zero-order valence-electron chi connectivity index (χ0n) is 32.9. The summed E-state index contributed by atoms with van der Waals surface area (Å²) in [6.07, 6.45) is 0. The van der Waals surface area contributed by atoms with Crippen LogP contribution in [0.25, 0.3) is 103 Å². The van der Waals surface area contributed by atoms with Crippen molar-refractivity contribution in [2.75, 3.05) is 0 Å². The Morgan fingerprint density at radius 3 is 1.42 bits per heavy atom. The average Bonchev–Trinajstić information content (AvgIpc) is 3.91. The first-order valence-corrected chi connectivity index (χ1v) is 21.3. The maximum atomic E-state index is 2.49. The molecule has 0 bridgehead atoms. The number of thiophene rings is 1. The maximum Gasteiger partial charge on any atom is 0.0541 e. The first kappa shape index (κ1) is 34.1. The van der Waals surface area contributed by atoms with E-state index in [1.807, 2.05) is 11.3 Å². The lowest BCUT2D eigenvalue weighted by atomic mass is 9.80. The molecule has 0 saturated heterocycles. The number of hydrogen-bond donors (Lipinski definition) is 0. The SMILES string of the molecule is CC1(C)c2cc(-n3c4ccc(-c5ccc(-c6ccccc6)cc5)cc4c4cc(-c5ccc(-c6ccccc6)cc5)ccc43)ccc2-c2ccc3sc4ccccc4c3c21. The predicted octanol–water partition coefficient (Wildman–Crippen LogP) is 16.1. The number of nitrogens with zero attached hydrogens (tertiary/aromatic N) is 1. The van der Waals surface area contributed by atoms with Crippen molar-refractivity contribution >= 4 is 53.3 Å².